The van der Waals surface area contributed by atoms with Crippen LogP contribution < -0.4 is 10.6 Å². The molecule has 4 nitrogen and oxygen atoms in total. The molecule has 0 saturated carbocycles. The van der Waals surface area contributed by atoms with Crippen LogP contribution in [0.1, 0.15) is 48.5 Å². The van der Waals surface area contributed by atoms with Gasteiger partial charge in [0.15, 0.2) is 0 Å². The fourth-order valence-corrected chi connectivity index (χ4v) is 2.78. The molecule has 1 aromatic rings. The standard InChI is InChI=1S/C15H22N2O2/c1-10-8-12(9-13(14(10)16)15(18)19)17-7-5-3-4-6-11(17)2/h8-9,11H,3-7,16H2,1-2H3,(H,18,19). The molecular formula is C15H22N2O2. The smallest absolute Gasteiger partial charge is 0.337 e. The van der Waals surface area contributed by atoms with E-state index < -0.39 is 5.97 Å². The zero-order chi connectivity index (χ0) is 14.0. The molecule has 0 aliphatic carbocycles. The summed E-state index contributed by atoms with van der Waals surface area (Å²) in [5.41, 5.74) is 8.26. The second-order valence-corrected chi connectivity index (χ2v) is 5.42. The number of nitrogen functional groups attached to an aromatic ring is 1. The molecule has 1 aliphatic rings. The Hall–Kier alpha value is -1.71. The fourth-order valence-electron chi connectivity index (χ4n) is 2.78. The Bertz CT molecular complexity index is 485. The minimum absolute atomic E-state index is 0.214. The first-order chi connectivity index (χ1) is 9.00. The van der Waals surface area contributed by atoms with Gasteiger partial charge >= 0.3 is 5.97 Å². The van der Waals surface area contributed by atoms with Crippen LogP contribution in [0.15, 0.2) is 12.1 Å². The number of nitrogens with zero attached hydrogens (tertiary/aromatic N) is 1. The molecule has 3 N–H and O–H groups in total. The monoisotopic (exact) mass is 262 g/mol. The van der Waals surface area contributed by atoms with Crippen molar-refractivity contribution in [2.75, 3.05) is 17.2 Å². The topological polar surface area (TPSA) is 66.6 Å². The second-order valence-electron chi connectivity index (χ2n) is 5.42. The number of rotatable bonds is 2. The summed E-state index contributed by atoms with van der Waals surface area (Å²) < 4.78 is 0. The number of carboxylic acids is 1. The molecule has 0 spiro atoms. The van der Waals surface area contributed by atoms with Gasteiger partial charge in [-0.25, -0.2) is 4.79 Å². The number of benzene rings is 1. The Morgan fingerprint density at radius 2 is 2.11 bits per heavy atom. The van der Waals surface area contributed by atoms with Crippen molar-refractivity contribution in [3.05, 3.63) is 23.3 Å². The zero-order valence-electron chi connectivity index (χ0n) is 11.6. The first kappa shape index (κ1) is 13.7. The van der Waals surface area contributed by atoms with Gasteiger partial charge in [-0.2, -0.15) is 0 Å². The van der Waals surface area contributed by atoms with Crippen LogP contribution in [0.3, 0.4) is 0 Å². The lowest BCUT2D eigenvalue weighted by Gasteiger charge is -2.30. The van der Waals surface area contributed by atoms with E-state index in [2.05, 4.69) is 11.8 Å². The average molecular weight is 262 g/mol. The average Bonchev–Trinajstić information content (AvgIpc) is 2.57. The lowest BCUT2D eigenvalue weighted by atomic mass is 10.0. The molecule has 104 valence electrons. The van der Waals surface area contributed by atoms with E-state index in [9.17, 15) is 9.90 Å². The molecule has 0 radical (unpaired) electrons. The minimum Gasteiger partial charge on any atom is -0.478 e. The largest absolute Gasteiger partial charge is 0.478 e. The maximum atomic E-state index is 11.3. The maximum absolute atomic E-state index is 11.3. The van der Waals surface area contributed by atoms with Crippen LogP contribution in [-0.4, -0.2) is 23.7 Å². The lowest BCUT2D eigenvalue weighted by Crippen LogP contribution is -2.32. The maximum Gasteiger partial charge on any atom is 0.337 e. The highest BCUT2D eigenvalue weighted by Crippen LogP contribution is 2.29. The number of hydrogen-bond donors (Lipinski definition) is 2. The number of nitrogens with two attached hydrogens (primary N) is 1. The van der Waals surface area contributed by atoms with E-state index in [0.717, 1.165) is 30.6 Å². The Balaban J connectivity index is 2.41. The molecule has 4 heteroatoms. The van der Waals surface area contributed by atoms with Crippen molar-refractivity contribution in [1.29, 1.82) is 0 Å². The molecule has 0 aromatic heterocycles. The van der Waals surface area contributed by atoms with E-state index in [0.29, 0.717) is 11.7 Å². The van der Waals surface area contributed by atoms with Crippen LogP contribution in [0.4, 0.5) is 11.4 Å². The number of carboxylic acid groups (broad SMARTS) is 1. The second kappa shape index (κ2) is 5.51. The van der Waals surface area contributed by atoms with E-state index >= 15 is 0 Å². The van der Waals surface area contributed by atoms with Crippen LogP contribution in [0, 0.1) is 6.92 Å². The minimum atomic E-state index is -0.954. The molecule has 1 unspecified atom stereocenters. The van der Waals surface area contributed by atoms with E-state index in [-0.39, 0.29) is 5.56 Å². The highest BCUT2D eigenvalue weighted by molar-refractivity contribution is 5.95. The number of anilines is 2. The molecule has 0 amide bonds. The van der Waals surface area contributed by atoms with E-state index in [1.807, 2.05) is 13.0 Å². The molecular weight excluding hydrogens is 240 g/mol. The quantitative estimate of drug-likeness (QED) is 0.804. The van der Waals surface area contributed by atoms with Crippen molar-refractivity contribution >= 4 is 17.3 Å². The molecule has 1 heterocycles. The third kappa shape index (κ3) is 2.83. The number of hydrogen-bond acceptors (Lipinski definition) is 3. The summed E-state index contributed by atoms with van der Waals surface area (Å²) >= 11 is 0. The van der Waals surface area contributed by atoms with Crippen LogP contribution in [0.5, 0.6) is 0 Å². The number of aryl methyl sites for hydroxylation is 1. The third-order valence-electron chi connectivity index (χ3n) is 3.99. The van der Waals surface area contributed by atoms with Crippen molar-refractivity contribution in [3.63, 3.8) is 0 Å². The van der Waals surface area contributed by atoms with Gasteiger partial charge in [-0.05, 0) is 44.4 Å². The lowest BCUT2D eigenvalue weighted by molar-refractivity contribution is 0.0698. The first-order valence-electron chi connectivity index (χ1n) is 6.90. The van der Waals surface area contributed by atoms with Gasteiger partial charge in [0.25, 0.3) is 0 Å². The van der Waals surface area contributed by atoms with Gasteiger partial charge in [0.1, 0.15) is 0 Å². The molecule has 19 heavy (non-hydrogen) atoms. The first-order valence-corrected chi connectivity index (χ1v) is 6.90. The van der Waals surface area contributed by atoms with E-state index in [1.54, 1.807) is 6.07 Å². The molecule has 2 rings (SSSR count). The fraction of sp³-hybridized carbons (Fsp3) is 0.533. The summed E-state index contributed by atoms with van der Waals surface area (Å²) in [7, 11) is 0. The zero-order valence-corrected chi connectivity index (χ0v) is 11.6. The molecule has 0 bridgehead atoms. The summed E-state index contributed by atoms with van der Waals surface area (Å²) in [6.45, 7) is 5.06. The number of carbonyl (C=O) groups is 1. The van der Waals surface area contributed by atoms with Crippen molar-refractivity contribution in [2.24, 2.45) is 0 Å². The van der Waals surface area contributed by atoms with Gasteiger partial charge in [0.05, 0.1) is 5.56 Å². The van der Waals surface area contributed by atoms with Gasteiger partial charge in [-0.3, -0.25) is 0 Å². The number of aromatic carboxylic acids is 1. The van der Waals surface area contributed by atoms with Gasteiger partial charge in [-0.15, -0.1) is 0 Å². The molecule has 1 aliphatic heterocycles. The van der Waals surface area contributed by atoms with Crippen molar-refractivity contribution in [3.8, 4) is 0 Å². The molecule has 1 saturated heterocycles. The van der Waals surface area contributed by atoms with Crippen LogP contribution >= 0.6 is 0 Å². The highest BCUT2D eigenvalue weighted by atomic mass is 16.4. The predicted molar refractivity (Wildman–Crippen MR) is 77.8 cm³/mol. The molecule has 1 atom stereocenters. The third-order valence-corrected chi connectivity index (χ3v) is 3.99. The van der Waals surface area contributed by atoms with Gasteiger partial charge < -0.3 is 15.7 Å². The molecule has 1 fully saturated rings. The SMILES string of the molecule is Cc1cc(N2CCCCCC2C)cc(C(=O)O)c1N. The van der Waals surface area contributed by atoms with Crippen molar-refractivity contribution in [1.82, 2.24) is 0 Å². The normalized spacial score (nSPS) is 20.1. The summed E-state index contributed by atoms with van der Waals surface area (Å²) in [5.74, 6) is -0.954. The Labute approximate surface area is 114 Å². The Morgan fingerprint density at radius 3 is 2.79 bits per heavy atom. The summed E-state index contributed by atoms with van der Waals surface area (Å²) in [4.78, 5) is 13.6. The van der Waals surface area contributed by atoms with Gasteiger partial charge in [-0.1, -0.05) is 12.8 Å². The van der Waals surface area contributed by atoms with Crippen molar-refractivity contribution < 1.29 is 9.90 Å². The van der Waals surface area contributed by atoms with Crippen LogP contribution in [-0.2, 0) is 0 Å². The summed E-state index contributed by atoms with van der Waals surface area (Å²) in [6, 6.07) is 4.17. The van der Waals surface area contributed by atoms with Gasteiger partial charge in [0.2, 0.25) is 0 Å². The van der Waals surface area contributed by atoms with E-state index in [4.69, 9.17) is 5.73 Å². The molecule has 1 aromatic carbocycles. The van der Waals surface area contributed by atoms with E-state index in [1.165, 1.54) is 12.8 Å². The Kier molecular flexibility index (Phi) is 3.98. The predicted octanol–water partition coefficient (Wildman–Crippen LogP) is 3.04. The highest BCUT2D eigenvalue weighted by Gasteiger charge is 2.20. The summed E-state index contributed by atoms with van der Waals surface area (Å²) in [5, 5.41) is 9.24. The van der Waals surface area contributed by atoms with Crippen LogP contribution in [0.2, 0.25) is 0 Å². The van der Waals surface area contributed by atoms with Gasteiger partial charge in [0, 0.05) is 24.0 Å². The Morgan fingerprint density at radius 1 is 1.37 bits per heavy atom. The summed E-state index contributed by atoms with van der Waals surface area (Å²) in [6.07, 6.45) is 4.82. The van der Waals surface area contributed by atoms with Crippen molar-refractivity contribution in [2.45, 2.75) is 45.6 Å². The van der Waals surface area contributed by atoms with Crippen LogP contribution in [0.25, 0.3) is 0 Å².